The lowest BCUT2D eigenvalue weighted by molar-refractivity contribution is 0.621. The summed E-state index contributed by atoms with van der Waals surface area (Å²) in [5, 5.41) is 3.06. The molecule has 0 saturated carbocycles. The Morgan fingerprint density at radius 3 is 2.62 bits per heavy atom. The van der Waals surface area contributed by atoms with Crippen LogP contribution in [-0.4, -0.2) is 6.04 Å². The van der Waals surface area contributed by atoms with E-state index in [0.29, 0.717) is 15.8 Å². The summed E-state index contributed by atoms with van der Waals surface area (Å²) in [4.78, 5) is 0. The largest absolute Gasteiger partial charge is 0.397 e. The van der Waals surface area contributed by atoms with Gasteiger partial charge in [0.15, 0.2) is 0 Å². The summed E-state index contributed by atoms with van der Waals surface area (Å²) in [5.41, 5.74) is 6.86. The van der Waals surface area contributed by atoms with Gasteiger partial charge < -0.3 is 11.1 Å². The first kappa shape index (κ1) is 10.3. The van der Waals surface area contributed by atoms with E-state index in [0.717, 1.165) is 0 Å². The molecule has 0 atom stereocenters. The van der Waals surface area contributed by atoms with E-state index in [1.165, 1.54) is 6.07 Å². The van der Waals surface area contributed by atoms with E-state index in [-0.39, 0.29) is 11.9 Å². The minimum atomic E-state index is -0.308. The van der Waals surface area contributed by atoms with Gasteiger partial charge in [-0.1, -0.05) is 0 Å². The van der Waals surface area contributed by atoms with Crippen LogP contribution >= 0.6 is 15.9 Å². The number of halogens is 2. The van der Waals surface area contributed by atoms with Gasteiger partial charge in [-0.25, -0.2) is 4.39 Å². The molecule has 0 bridgehead atoms. The quantitative estimate of drug-likeness (QED) is 0.788. The summed E-state index contributed by atoms with van der Waals surface area (Å²) >= 11 is 3.06. The van der Waals surface area contributed by atoms with Crippen LogP contribution in [0.3, 0.4) is 0 Å². The number of hydrogen-bond donors (Lipinski definition) is 2. The Balaban J connectivity index is 3.01. The molecule has 0 amide bonds. The van der Waals surface area contributed by atoms with Crippen LogP contribution in [0.1, 0.15) is 13.8 Å². The highest BCUT2D eigenvalue weighted by atomic mass is 79.9. The Bertz CT molecular complexity index is 313. The van der Waals surface area contributed by atoms with Crippen molar-refractivity contribution in [2.75, 3.05) is 11.1 Å². The van der Waals surface area contributed by atoms with Crippen LogP contribution in [0, 0.1) is 5.82 Å². The highest BCUT2D eigenvalue weighted by Crippen LogP contribution is 2.26. The molecule has 0 spiro atoms. The smallest absolute Gasteiger partial charge is 0.139 e. The first-order valence-electron chi connectivity index (χ1n) is 4.01. The Labute approximate surface area is 85.4 Å². The van der Waals surface area contributed by atoms with Crippen molar-refractivity contribution >= 4 is 27.3 Å². The molecule has 13 heavy (non-hydrogen) atoms. The van der Waals surface area contributed by atoms with Crippen LogP contribution in [0.15, 0.2) is 16.6 Å². The molecule has 1 rings (SSSR count). The van der Waals surface area contributed by atoms with E-state index in [4.69, 9.17) is 5.73 Å². The second-order valence-electron chi connectivity index (χ2n) is 3.15. The fourth-order valence-electron chi connectivity index (χ4n) is 0.998. The van der Waals surface area contributed by atoms with Crippen LogP contribution in [0.25, 0.3) is 0 Å². The molecule has 0 aliphatic carbocycles. The monoisotopic (exact) mass is 246 g/mol. The molecule has 0 radical (unpaired) electrons. The average molecular weight is 247 g/mol. The molecule has 72 valence electrons. The van der Waals surface area contributed by atoms with Crippen molar-refractivity contribution in [2.24, 2.45) is 0 Å². The summed E-state index contributed by atoms with van der Waals surface area (Å²) in [6.45, 7) is 3.94. The van der Waals surface area contributed by atoms with Gasteiger partial charge in [-0.2, -0.15) is 0 Å². The Kier molecular flexibility index (Phi) is 3.14. The third kappa shape index (κ3) is 2.59. The number of rotatable bonds is 2. The summed E-state index contributed by atoms with van der Waals surface area (Å²) in [6.07, 6.45) is 0. The topological polar surface area (TPSA) is 38.0 Å². The minimum absolute atomic E-state index is 0.239. The third-order valence-electron chi connectivity index (χ3n) is 1.54. The van der Waals surface area contributed by atoms with Crippen molar-refractivity contribution in [3.8, 4) is 0 Å². The zero-order valence-corrected chi connectivity index (χ0v) is 9.15. The number of nitrogens with one attached hydrogen (secondary N) is 1. The van der Waals surface area contributed by atoms with Crippen molar-refractivity contribution in [2.45, 2.75) is 19.9 Å². The summed E-state index contributed by atoms with van der Waals surface area (Å²) in [5.74, 6) is -0.308. The van der Waals surface area contributed by atoms with Gasteiger partial charge in [0, 0.05) is 12.1 Å². The van der Waals surface area contributed by atoms with Crippen molar-refractivity contribution in [3.63, 3.8) is 0 Å². The van der Waals surface area contributed by atoms with Crippen molar-refractivity contribution < 1.29 is 4.39 Å². The molecule has 0 aromatic heterocycles. The van der Waals surface area contributed by atoms with Crippen LogP contribution in [0.4, 0.5) is 15.8 Å². The van der Waals surface area contributed by atoms with Gasteiger partial charge in [0.05, 0.1) is 15.8 Å². The Hall–Kier alpha value is -0.770. The summed E-state index contributed by atoms with van der Waals surface area (Å²) < 4.78 is 13.5. The normalized spacial score (nSPS) is 10.5. The van der Waals surface area contributed by atoms with Crippen LogP contribution in [0.2, 0.25) is 0 Å². The molecule has 0 aliphatic heterocycles. The van der Waals surface area contributed by atoms with Gasteiger partial charge in [0.2, 0.25) is 0 Å². The van der Waals surface area contributed by atoms with Gasteiger partial charge in [0.1, 0.15) is 5.82 Å². The number of nitrogens with two attached hydrogens (primary N) is 1. The zero-order chi connectivity index (χ0) is 10.0. The maximum atomic E-state index is 13.1. The molecular weight excluding hydrogens is 235 g/mol. The first-order valence-corrected chi connectivity index (χ1v) is 4.81. The third-order valence-corrected chi connectivity index (χ3v) is 2.14. The Morgan fingerprint density at radius 1 is 1.46 bits per heavy atom. The molecule has 1 aromatic carbocycles. The Morgan fingerprint density at radius 2 is 2.08 bits per heavy atom. The van der Waals surface area contributed by atoms with Crippen LogP contribution in [0.5, 0.6) is 0 Å². The molecule has 0 unspecified atom stereocenters. The van der Waals surface area contributed by atoms with Gasteiger partial charge in [-0.05, 0) is 35.8 Å². The molecule has 1 aromatic rings. The van der Waals surface area contributed by atoms with E-state index in [1.807, 2.05) is 13.8 Å². The minimum Gasteiger partial charge on any atom is -0.397 e. The fourth-order valence-corrected chi connectivity index (χ4v) is 1.36. The average Bonchev–Trinajstić information content (AvgIpc) is 1.99. The molecule has 3 N–H and O–H groups in total. The van der Waals surface area contributed by atoms with Crippen molar-refractivity contribution in [1.29, 1.82) is 0 Å². The summed E-state index contributed by atoms with van der Waals surface area (Å²) in [7, 11) is 0. The van der Waals surface area contributed by atoms with Crippen LogP contribution < -0.4 is 11.1 Å². The van der Waals surface area contributed by atoms with E-state index in [9.17, 15) is 4.39 Å². The molecular formula is C9H12BrFN2. The standard InChI is InChI=1S/C9H12BrFN2/c1-5(2)13-9-4-7(11)6(10)3-8(9)12/h3-5,13H,12H2,1-2H3. The highest BCUT2D eigenvalue weighted by molar-refractivity contribution is 9.10. The molecule has 0 heterocycles. The number of hydrogen-bond acceptors (Lipinski definition) is 2. The van der Waals surface area contributed by atoms with Crippen molar-refractivity contribution in [3.05, 3.63) is 22.4 Å². The predicted octanol–water partition coefficient (Wildman–Crippen LogP) is 2.99. The lowest BCUT2D eigenvalue weighted by Crippen LogP contribution is -2.11. The second-order valence-corrected chi connectivity index (χ2v) is 4.01. The molecule has 0 fully saturated rings. The predicted molar refractivity (Wildman–Crippen MR) is 57.3 cm³/mol. The fraction of sp³-hybridized carbons (Fsp3) is 0.333. The maximum absolute atomic E-state index is 13.1. The second kappa shape index (κ2) is 3.96. The van der Waals surface area contributed by atoms with Gasteiger partial charge in [-0.3, -0.25) is 0 Å². The van der Waals surface area contributed by atoms with Crippen LogP contribution in [-0.2, 0) is 0 Å². The van der Waals surface area contributed by atoms with E-state index in [2.05, 4.69) is 21.2 Å². The van der Waals surface area contributed by atoms with Gasteiger partial charge >= 0.3 is 0 Å². The highest BCUT2D eigenvalue weighted by Gasteiger charge is 2.06. The lowest BCUT2D eigenvalue weighted by atomic mass is 10.2. The molecule has 0 aliphatic rings. The SMILES string of the molecule is CC(C)Nc1cc(F)c(Br)cc1N. The maximum Gasteiger partial charge on any atom is 0.139 e. The first-order chi connectivity index (χ1) is 6.00. The lowest BCUT2D eigenvalue weighted by Gasteiger charge is -2.12. The molecule has 2 nitrogen and oxygen atoms in total. The van der Waals surface area contributed by atoms with E-state index >= 15 is 0 Å². The summed E-state index contributed by atoms with van der Waals surface area (Å²) in [6, 6.07) is 3.18. The number of benzene rings is 1. The van der Waals surface area contributed by atoms with Crippen molar-refractivity contribution in [1.82, 2.24) is 0 Å². The molecule has 0 saturated heterocycles. The molecule has 4 heteroatoms. The zero-order valence-electron chi connectivity index (χ0n) is 7.57. The number of anilines is 2. The van der Waals surface area contributed by atoms with Gasteiger partial charge in [-0.15, -0.1) is 0 Å². The van der Waals surface area contributed by atoms with E-state index in [1.54, 1.807) is 6.07 Å². The van der Waals surface area contributed by atoms with E-state index < -0.39 is 0 Å². The van der Waals surface area contributed by atoms with Gasteiger partial charge in [0.25, 0.3) is 0 Å². The number of nitrogen functional groups attached to an aromatic ring is 1.